The quantitative estimate of drug-likeness (QED) is 0.377. The van der Waals surface area contributed by atoms with E-state index in [1.807, 2.05) is 6.92 Å². The Balaban J connectivity index is 3.03. The number of oxime groups is 1. The fourth-order valence-electron chi connectivity index (χ4n) is 1.24. The summed E-state index contributed by atoms with van der Waals surface area (Å²) in [6, 6.07) is 6.04. The van der Waals surface area contributed by atoms with Gasteiger partial charge in [-0.3, -0.25) is 4.57 Å². The van der Waals surface area contributed by atoms with Crippen LogP contribution in [-0.4, -0.2) is 21.7 Å². The first-order valence-corrected chi connectivity index (χ1v) is 7.36. The maximum absolute atomic E-state index is 12.0. The van der Waals surface area contributed by atoms with Gasteiger partial charge in [0.15, 0.2) is 5.45 Å². The number of halogens is 1. The number of hydrogen-bond acceptors (Lipinski definition) is 4. The second-order valence-electron chi connectivity index (χ2n) is 3.78. The van der Waals surface area contributed by atoms with Gasteiger partial charge in [0.2, 0.25) is 0 Å². The van der Waals surface area contributed by atoms with E-state index in [0.717, 1.165) is 0 Å². The molecule has 100 valence electrons. The molecule has 0 bridgehead atoms. The Labute approximate surface area is 111 Å². The highest BCUT2D eigenvalue weighted by Crippen LogP contribution is 2.47. The van der Waals surface area contributed by atoms with E-state index in [0.29, 0.717) is 11.4 Å². The van der Waals surface area contributed by atoms with Gasteiger partial charge in [0, 0.05) is 10.6 Å². The maximum atomic E-state index is 12.0. The molecule has 0 aliphatic carbocycles. The van der Waals surface area contributed by atoms with E-state index in [4.69, 9.17) is 21.3 Å². The van der Waals surface area contributed by atoms with Crippen molar-refractivity contribution in [1.29, 1.82) is 0 Å². The van der Waals surface area contributed by atoms with Crippen LogP contribution in [0, 0.1) is 0 Å². The second-order valence-corrected chi connectivity index (χ2v) is 5.89. The van der Waals surface area contributed by atoms with Crippen molar-refractivity contribution in [3.63, 3.8) is 0 Å². The summed E-state index contributed by atoms with van der Waals surface area (Å²) < 4.78 is 17.0. The molecule has 0 aromatic heterocycles. The summed E-state index contributed by atoms with van der Waals surface area (Å²) in [4.78, 5) is 9.81. The first kappa shape index (κ1) is 15.2. The first-order chi connectivity index (χ1) is 8.40. The maximum Gasteiger partial charge on any atom is 0.381 e. The molecule has 0 radical (unpaired) electrons. The Morgan fingerprint density at radius 3 is 2.50 bits per heavy atom. The van der Waals surface area contributed by atoms with Crippen LogP contribution in [0.5, 0.6) is 0 Å². The van der Waals surface area contributed by atoms with Crippen LogP contribution < -0.4 is 0 Å². The van der Waals surface area contributed by atoms with Crippen molar-refractivity contribution in [2.75, 3.05) is 0 Å². The minimum Gasteiger partial charge on any atom is -0.410 e. The molecule has 0 spiro atoms. The molecule has 0 saturated carbocycles. The van der Waals surface area contributed by atoms with Crippen molar-refractivity contribution in [2.24, 2.45) is 5.16 Å². The summed E-state index contributed by atoms with van der Waals surface area (Å²) in [6.45, 7) is 3.49. The number of nitrogens with zero attached hydrogens (tertiary/aromatic N) is 1. The van der Waals surface area contributed by atoms with Gasteiger partial charge in [-0.25, -0.2) is 0 Å². The van der Waals surface area contributed by atoms with Crippen LogP contribution in [0.1, 0.15) is 25.8 Å². The highest BCUT2D eigenvalue weighted by Gasteiger charge is 2.31. The Bertz CT molecular complexity index is 474. The fourth-order valence-corrected chi connectivity index (χ4v) is 2.70. The van der Waals surface area contributed by atoms with Crippen LogP contribution in [0.4, 0.5) is 0 Å². The minimum absolute atomic E-state index is 0.288. The monoisotopic (exact) mass is 291 g/mol. The molecule has 2 unspecified atom stereocenters. The summed E-state index contributed by atoms with van der Waals surface area (Å²) in [6.07, 6.45) is 0.161. The third kappa shape index (κ3) is 3.82. The van der Waals surface area contributed by atoms with E-state index in [2.05, 4.69) is 5.16 Å². The molecule has 0 heterocycles. The molecule has 0 saturated heterocycles. The topological polar surface area (TPSA) is 79.1 Å². The van der Waals surface area contributed by atoms with Crippen molar-refractivity contribution < 1.29 is 19.2 Å². The van der Waals surface area contributed by atoms with E-state index in [1.54, 1.807) is 6.92 Å². The molecule has 1 aromatic rings. The Kier molecular flexibility index (Phi) is 5.35. The van der Waals surface area contributed by atoms with Crippen LogP contribution in [0.2, 0.25) is 5.02 Å². The van der Waals surface area contributed by atoms with Crippen LogP contribution in [0.25, 0.3) is 0 Å². The molecule has 2 atom stereocenters. The fraction of sp³-hybridized carbons (Fsp3) is 0.364. The number of benzene rings is 1. The SMILES string of the molecule is CCC(C)OP(=O)(O)C(=NO)c1ccc(Cl)cc1. The van der Waals surface area contributed by atoms with E-state index in [-0.39, 0.29) is 11.0 Å². The van der Waals surface area contributed by atoms with Gasteiger partial charge in [-0.2, -0.15) is 0 Å². The largest absolute Gasteiger partial charge is 0.410 e. The molecule has 18 heavy (non-hydrogen) atoms. The molecule has 0 amide bonds. The number of hydrogen-bond donors (Lipinski definition) is 2. The van der Waals surface area contributed by atoms with Crippen molar-refractivity contribution in [3.8, 4) is 0 Å². The summed E-state index contributed by atoms with van der Waals surface area (Å²) >= 11 is 5.72. The summed E-state index contributed by atoms with van der Waals surface area (Å²) in [5.41, 5.74) is -0.101. The van der Waals surface area contributed by atoms with Gasteiger partial charge in [-0.05, 0) is 25.5 Å². The molecule has 1 aromatic carbocycles. The molecule has 0 aliphatic heterocycles. The average molecular weight is 292 g/mol. The molecule has 0 aliphatic rings. The van der Waals surface area contributed by atoms with Gasteiger partial charge in [0.1, 0.15) is 0 Å². The Morgan fingerprint density at radius 2 is 2.06 bits per heavy atom. The second kappa shape index (κ2) is 6.34. The van der Waals surface area contributed by atoms with Crippen LogP contribution in [0.3, 0.4) is 0 Å². The van der Waals surface area contributed by atoms with E-state index >= 15 is 0 Å². The summed E-state index contributed by atoms with van der Waals surface area (Å²) in [5.74, 6) is 0. The van der Waals surface area contributed by atoms with Crippen molar-refractivity contribution in [3.05, 3.63) is 34.9 Å². The lowest BCUT2D eigenvalue weighted by Gasteiger charge is -2.17. The lowest BCUT2D eigenvalue weighted by atomic mass is 10.2. The lowest BCUT2D eigenvalue weighted by Crippen LogP contribution is -2.11. The highest BCUT2D eigenvalue weighted by molar-refractivity contribution is 7.72. The molecule has 7 heteroatoms. The van der Waals surface area contributed by atoms with Gasteiger partial charge in [-0.1, -0.05) is 35.8 Å². The van der Waals surface area contributed by atoms with Crippen molar-refractivity contribution in [1.82, 2.24) is 0 Å². The Morgan fingerprint density at radius 1 is 1.50 bits per heavy atom. The lowest BCUT2D eigenvalue weighted by molar-refractivity contribution is 0.193. The third-order valence-corrected chi connectivity index (χ3v) is 4.14. The molecular weight excluding hydrogens is 277 g/mol. The van der Waals surface area contributed by atoms with E-state index < -0.39 is 13.7 Å². The molecule has 5 nitrogen and oxygen atoms in total. The van der Waals surface area contributed by atoms with Gasteiger partial charge < -0.3 is 14.6 Å². The standard InChI is InChI=1S/C11H15ClNO4P/c1-3-8(2)17-18(15,16)11(13-14)9-4-6-10(12)7-5-9/h4-8,14H,3H2,1-2H3,(H,15,16). The Hall–Kier alpha value is -0.870. The zero-order valence-electron chi connectivity index (χ0n) is 10.1. The van der Waals surface area contributed by atoms with Crippen molar-refractivity contribution >= 4 is 24.6 Å². The highest BCUT2D eigenvalue weighted by atomic mass is 35.5. The predicted molar refractivity (Wildman–Crippen MR) is 70.4 cm³/mol. The smallest absolute Gasteiger partial charge is 0.381 e. The summed E-state index contributed by atoms with van der Waals surface area (Å²) in [7, 11) is -4.16. The first-order valence-electron chi connectivity index (χ1n) is 5.40. The van der Waals surface area contributed by atoms with Gasteiger partial charge in [-0.15, -0.1) is 0 Å². The van der Waals surface area contributed by atoms with Crippen LogP contribution in [-0.2, 0) is 9.09 Å². The van der Waals surface area contributed by atoms with Gasteiger partial charge in [0.05, 0.1) is 6.10 Å². The normalized spacial score (nSPS) is 17.2. The van der Waals surface area contributed by atoms with Crippen LogP contribution in [0.15, 0.2) is 29.4 Å². The van der Waals surface area contributed by atoms with Gasteiger partial charge >= 0.3 is 7.60 Å². The molecular formula is C11H15ClNO4P. The minimum atomic E-state index is -4.16. The van der Waals surface area contributed by atoms with Gasteiger partial charge in [0.25, 0.3) is 0 Å². The average Bonchev–Trinajstić information content (AvgIpc) is 2.31. The molecule has 1 rings (SSSR count). The zero-order valence-corrected chi connectivity index (χ0v) is 11.7. The molecule has 0 fully saturated rings. The van der Waals surface area contributed by atoms with E-state index in [1.165, 1.54) is 24.3 Å². The third-order valence-electron chi connectivity index (χ3n) is 2.36. The summed E-state index contributed by atoms with van der Waals surface area (Å²) in [5, 5.41) is 12.3. The molecule has 2 N–H and O–H groups in total. The van der Waals surface area contributed by atoms with E-state index in [9.17, 15) is 9.46 Å². The number of rotatable bonds is 5. The van der Waals surface area contributed by atoms with Crippen molar-refractivity contribution in [2.45, 2.75) is 26.4 Å². The van der Waals surface area contributed by atoms with Crippen LogP contribution >= 0.6 is 19.2 Å². The zero-order chi connectivity index (χ0) is 13.8. The predicted octanol–water partition coefficient (Wildman–Crippen LogP) is 3.48.